The molecule has 2 aliphatic heterocycles. The van der Waals surface area contributed by atoms with Gasteiger partial charge < -0.3 is 55.2 Å². The second-order valence-electron chi connectivity index (χ2n) is 19.8. The van der Waals surface area contributed by atoms with Gasteiger partial charge in [0.2, 0.25) is 17.7 Å². The number of rotatable bonds is 26. The fourth-order valence-corrected chi connectivity index (χ4v) is 9.70. The lowest BCUT2D eigenvalue weighted by Gasteiger charge is -2.35. The van der Waals surface area contributed by atoms with Gasteiger partial charge in [-0.2, -0.15) is 0 Å². The summed E-state index contributed by atoms with van der Waals surface area (Å²) in [6.07, 6.45) is 1.65. The van der Waals surface area contributed by atoms with E-state index in [1.807, 2.05) is 75.7 Å². The Balaban J connectivity index is 0.695. The molecule has 74 heavy (non-hydrogen) atoms. The SMILES string of the molecule is Cc1ncsc1-c1ccc(CNC(=O)[C@@H]2C[C@@H](O)CN2C(=O)[C@@H](NC(=O)CCOCCOCCOCCOCCNC(=O)c2ccc(C(=O)Nc3ccc4nc(CN5CCC[C@@H]5C)[nH]c4c3)cc2)C(C)(C)C)cc1. The number of anilines is 1. The molecule has 2 saturated heterocycles. The van der Waals surface area contributed by atoms with Crippen LogP contribution < -0.4 is 21.3 Å². The number of aromatic amines is 1. The number of thiazole rings is 1. The summed E-state index contributed by atoms with van der Waals surface area (Å²) in [5, 5.41) is 22.1. The first-order valence-electron chi connectivity index (χ1n) is 25.4. The number of nitrogens with one attached hydrogen (secondary N) is 5. The first-order valence-corrected chi connectivity index (χ1v) is 26.3. The highest BCUT2D eigenvalue weighted by Gasteiger charge is 2.44. The van der Waals surface area contributed by atoms with Crippen molar-refractivity contribution in [3.8, 4) is 10.4 Å². The number of aliphatic hydroxyl groups is 1. The maximum absolute atomic E-state index is 13.9. The van der Waals surface area contributed by atoms with Gasteiger partial charge in [0, 0.05) is 55.3 Å². The number of imidazole rings is 1. The monoisotopic (exact) mass is 1040 g/mol. The number of likely N-dealkylation sites (tertiary alicyclic amines) is 2. The van der Waals surface area contributed by atoms with E-state index in [0.717, 1.165) is 51.6 Å². The molecule has 5 aromatic rings. The van der Waals surface area contributed by atoms with Crippen LogP contribution in [0.1, 0.15) is 91.2 Å². The van der Waals surface area contributed by atoms with E-state index in [0.29, 0.717) is 69.0 Å². The molecule has 20 heteroatoms. The second kappa shape index (κ2) is 26.9. The Labute approximate surface area is 436 Å². The van der Waals surface area contributed by atoms with Crippen LogP contribution in [0.25, 0.3) is 21.5 Å². The highest BCUT2D eigenvalue weighted by atomic mass is 32.1. The fraction of sp³-hybridized carbons (Fsp3) is 0.500. The number of benzene rings is 3. The molecule has 7 rings (SSSR count). The Bertz CT molecular complexity index is 2650. The molecule has 0 bridgehead atoms. The summed E-state index contributed by atoms with van der Waals surface area (Å²) in [5.74, 6) is -0.826. The van der Waals surface area contributed by atoms with E-state index in [2.05, 4.69) is 43.1 Å². The van der Waals surface area contributed by atoms with Gasteiger partial charge in [-0.25, -0.2) is 9.97 Å². The van der Waals surface area contributed by atoms with Gasteiger partial charge in [0.1, 0.15) is 17.9 Å². The molecular weight excluding hydrogens is 967 g/mol. The highest BCUT2D eigenvalue weighted by Crippen LogP contribution is 2.29. The van der Waals surface area contributed by atoms with Crippen molar-refractivity contribution in [1.29, 1.82) is 0 Å². The van der Waals surface area contributed by atoms with Crippen LogP contribution in [0.4, 0.5) is 5.69 Å². The van der Waals surface area contributed by atoms with Crippen LogP contribution >= 0.6 is 11.3 Å². The molecule has 6 N–H and O–H groups in total. The van der Waals surface area contributed by atoms with E-state index in [1.165, 1.54) is 17.7 Å². The van der Waals surface area contributed by atoms with Gasteiger partial charge in [0.25, 0.3) is 11.8 Å². The third-order valence-electron chi connectivity index (χ3n) is 13.1. The van der Waals surface area contributed by atoms with Crippen molar-refractivity contribution in [2.75, 3.05) is 77.8 Å². The lowest BCUT2D eigenvalue weighted by atomic mass is 9.85. The van der Waals surface area contributed by atoms with Gasteiger partial charge in [-0.1, -0.05) is 45.0 Å². The average Bonchev–Trinajstić information content (AvgIpc) is 4.20. The molecule has 0 aliphatic carbocycles. The molecule has 19 nitrogen and oxygen atoms in total. The van der Waals surface area contributed by atoms with Crippen molar-refractivity contribution < 1.29 is 48.0 Å². The number of H-pyrrole nitrogens is 1. The first kappa shape index (κ1) is 55.6. The van der Waals surface area contributed by atoms with Gasteiger partial charge in [0.15, 0.2) is 0 Å². The van der Waals surface area contributed by atoms with Gasteiger partial charge in [-0.05, 0) is 92.2 Å². The summed E-state index contributed by atoms with van der Waals surface area (Å²) in [6, 6.07) is 18.6. The van der Waals surface area contributed by atoms with Crippen LogP contribution in [0.15, 0.2) is 72.2 Å². The maximum Gasteiger partial charge on any atom is 0.255 e. The van der Waals surface area contributed by atoms with Crippen LogP contribution in [0.5, 0.6) is 0 Å². The summed E-state index contributed by atoms with van der Waals surface area (Å²) in [7, 11) is 0. The van der Waals surface area contributed by atoms with Gasteiger partial charge in [0.05, 0.1) is 92.6 Å². The summed E-state index contributed by atoms with van der Waals surface area (Å²) in [6.45, 7) is 14.4. The van der Waals surface area contributed by atoms with E-state index < -0.39 is 29.5 Å². The zero-order chi connectivity index (χ0) is 52.6. The third-order valence-corrected chi connectivity index (χ3v) is 14.1. The number of amides is 5. The molecular formula is C54H71N9O10S. The summed E-state index contributed by atoms with van der Waals surface area (Å²) in [4.78, 5) is 83.4. The molecule has 398 valence electrons. The standard InChI is InChI=1S/C54H71N9O10S/c1-35-7-6-20-62(35)33-46-59-43-17-16-41(29-44(43)60-46)58-51(67)40-14-12-39(13-15-40)50(66)55-19-22-71-24-26-73-28-27-72-25-23-70-21-18-47(65)61-49(54(3,4)5)53(69)63-32-42(64)30-45(63)52(68)56-31-37-8-10-38(11-9-37)48-36(2)57-34-74-48/h8-17,29,34-35,42,45,49,64H,6-7,18-28,30-33H2,1-5H3,(H,55,66)(H,56,68)(H,58,67)(H,59,60)(H,61,65)/t35-,42+,45-,49+/m0/s1. The number of carbonyl (C=O) groups excluding carboxylic acids is 5. The van der Waals surface area contributed by atoms with E-state index in [-0.39, 0.29) is 62.8 Å². The first-order chi connectivity index (χ1) is 35.6. The number of carbonyl (C=O) groups is 5. The Morgan fingerprint density at radius 3 is 2.15 bits per heavy atom. The lowest BCUT2D eigenvalue weighted by molar-refractivity contribution is -0.144. The van der Waals surface area contributed by atoms with Crippen molar-refractivity contribution in [2.45, 2.75) is 97.6 Å². The number of aryl methyl sites for hydroxylation is 1. The van der Waals surface area contributed by atoms with E-state index >= 15 is 0 Å². The smallest absolute Gasteiger partial charge is 0.255 e. The van der Waals surface area contributed by atoms with Crippen molar-refractivity contribution in [2.24, 2.45) is 5.41 Å². The number of ether oxygens (including phenoxy) is 4. The minimum absolute atomic E-state index is 0.0127. The van der Waals surface area contributed by atoms with Gasteiger partial charge >= 0.3 is 0 Å². The highest BCUT2D eigenvalue weighted by molar-refractivity contribution is 7.13. The third kappa shape index (κ3) is 15.9. The number of hydrogen-bond acceptors (Lipinski definition) is 14. The van der Waals surface area contributed by atoms with E-state index in [1.54, 1.807) is 35.6 Å². The van der Waals surface area contributed by atoms with Crippen LogP contribution in [0, 0.1) is 12.3 Å². The fourth-order valence-electron chi connectivity index (χ4n) is 8.89. The average molecular weight is 1040 g/mol. The van der Waals surface area contributed by atoms with Crippen molar-refractivity contribution >= 4 is 57.6 Å². The summed E-state index contributed by atoms with van der Waals surface area (Å²) in [5.41, 5.74) is 7.23. The largest absolute Gasteiger partial charge is 0.391 e. The predicted octanol–water partition coefficient (Wildman–Crippen LogP) is 5.23. The summed E-state index contributed by atoms with van der Waals surface area (Å²) < 4.78 is 22.3. The number of β-amino-alcohol motifs (C(OH)–C–C–N with tert-alkyl or cyclic N) is 1. The Morgan fingerprint density at radius 2 is 1.51 bits per heavy atom. The zero-order valence-electron chi connectivity index (χ0n) is 43.1. The normalized spacial score (nSPS) is 17.4. The maximum atomic E-state index is 13.9. The number of hydrogen-bond donors (Lipinski definition) is 6. The van der Waals surface area contributed by atoms with Crippen molar-refractivity contribution in [3.63, 3.8) is 0 Å². The van der Waals surface area contributed by atoms with Crippen LogP contribution in [0.2, 0.25) is 0 Å². The molecule has 2 aromatic heterocycles. The molecule has 0 spiro atoms. The Kier molecular flexibility index (Phi) is 20.2. The molecule has 3 aromatic carbocycles. The number of fused-ring (bicyclic) bond motifs is 1. The zero-order valence-corrected chi connectivity index (χ0v) is 43.9. The number of aliphatic hydroxyl groups excluding tert-OH is 1. The van der Waals surface area contributed by atoms with Crippen LogP contribution in [0.3, 0.4) is 0 Å². The molecule has 4 heterocycles. The molecule has 0 saturated carbocycles. The molecule has 2 fully saturated rings. The predicted molar refractivity (Wildman–Crippen MR) is 281 cm³/mol. The van der Waals surface area contributed by atoms with Crippen LogP contribution in [-0.2, 0) is 46.4 Å². The lowest BCUT2D eigenvalue weighted by Crippen LogP contribution is -2.57. The Morgan fingerprint density at radius 1 is 0.851 bits per heavy atom. The minimum Gasteiger partial charge on any atom is -0.391 e. The molecule has 5 amide bonds. The molecule has 0 radical (unpaired) electrons. The summed E-state index contributed by atoms with van der Waals surface area (Å²) >= 11 is 1.57. The number of nitrogens with zero attached hydrogens (tertiary/aromatic N) is 4. The Hall–Kier alpha value is -6.13. The number of aromatic nitrogens is 3. The van der Waals surface area contributed by atoms with Crippen molar-refractivity contribution in [1.82, 2.24) is 40.7 Å². The van der Waals surface area contributed by atoms with E-state index in [9.17, 15) is 29.1 Å². The minimum atomic E-state index is -0.939. The molecule has 0 unspecified atom stereocenters. The molecule has 4 atom stereocenters. The second-order valence-corrected chi connectivity index (χ2v) is 20.7. The van der Waals surface area contributed by atoms with Gasteiger partial charge in [-0.3, -0.25) is 28.9 Å². The van der Waals surface area contributed by atoms with Gasteiger partial charge in [-0.15, -0.1) is 11.3 Å². The quantitative estimate of drug-likeness (QED) is 0.0390. The van der Waals surface area contributed by atoms with Crippen molar-refractivity contribution in [3.05, 3.63) is 100 Å². The molecule has 2 aliphatic rings. The van der Waals surface area contributed by atoms with Crippen LogP contribution in [-0.4, -0.2) is 156 Å². The van der Waals surface area contributed by atoms with E-state index in [4.69, 9.17) is 23.9 Å². The topological polar surface area (TPSA) is 239 Å².